The standard InChI is InChI=1S/C10H13ClN2/c11-9-1-2-10(12)8(4-9)3-7-5-13-6-7/h1-2,4,7,13H,3,5-6,12H2. The summed E-state index contributed by atoms with van der Waals surface area (Å²) >= 11 is 5.89. The molecular weight excluding hydrogens is 184 g/mol. The third-order valence-electron chi connectivity index (χ3n) is 2.48. The van der Waals surface area contributed by atoms with Crippen molar-refractivity contribution in [3.63, 3.8) is 0 Å². The molecule has 1 aliphatic heterocycles. The van der Waals surface area contributed by atoms with Crippen LogP contribution in [0.1, 0.15) is 5.56 Å². The number of hydrogen-bond donors (Lipinski definition) is 2. The fourth-order valence-corrected chi connectivity index (χ4v) is 1.75. The van der Waals surface area contributed by atoms with Crippen molar-refractivity contribution in [2.75, 3.05) is 18.8 Å². The maximum absolute atomic E-state index is 5.89. The van der Waals surface area contributed by atoms with Crippen molar-refractivity contribution < 1.29 is 0 Å². The molecular formula is C10H13ClN2. The molecule has 0 aromatic heterocycles. The number of rotatable bonds is 2. The average molecular weight is 197 g/mol. The summed E-state index contributed by atoms with van der Waals surface area (Å²) in [5.74, 6) is 0.737. The van der Waals surface area contributed by atoms with E-state index in [1.807, 2.05) is 18.2 Å². The Balaban J connectivity index is 2.13. The van der Waals surface area contributed by atoms with Gasteiger partial charge in [-0.1, -0.05) is 11.6 Å². The van der Waals surface area contributed by atoms with Crippen molar-refractivity contribution in [3.05, 3.63) is 28.8 Å². The third-order valence-corrected chi connectivity index (χ3v) is 2.71. The summed E-state index contributed by atoms with van der Waals surface area (Å²) in [4.78, 5) is 0. The summed E-state index contributed by atoms with van der Waals surface area (Å²) in [7, 11) is 0. The van der Waals surface area contributed by atoms with Crippen LogP contribution in [0, 0.1) is 5.92 Å². The number of nitrogens with one attached hydrogen (secondary N) is 1. The molecule has 0 amide bonds. The minimum absolute atomic E-state index is 0.737. The molecule has 13 heavy (non-hydrogen) atoms. The Morgan fingerprint density at radius 3 is 2.85 bits per heavy atom. The fourth-order valence-electron chi connectivity index (χ4n) is 1.55. The predicted octanol–water partition coefficient (Wildman–Crippen LogP) is 1.68. The van der Waals surface area contributed by atoms with Gasteiger partial charge in [0.15, 0.2) is 0 Å². The molecule has 1 aliphatic rings. The van der Waals surface area contributed by atoms with Gasteiger partial charge in [-0.25, -0.2) is 0 Å². The van der Waals surface area contributed by atoms with E-state index in [9.17, 15) is 0 Å². The number of benzene rings is 1. The van der Waals surface area contributed by atoms with Crippen LogP contribution in [0.2, 0.25) is 5.02 Å². The van der Waals surface area contributed by atoms with E-state index in [2.05, 4.69) is 5.32 Å². The van der Waals surface area contributed by atoms with E-state index in [-0.39, 0.29) is 0 Å². The molecule has 0 bridgehead atoms. The lowest BCUT2D eigenvalue weighted by Gasteiger charge is -2.27. The lowest BCUT2D eigenvalue weighted by atomic mass is 9.94. The highest BCUT2D eigenvalue weighted by Crippen LogP contribution is 2.22. The summed E-state index contributed by atoms with van der Waals surface area (Å²) in [5.41, 5.74) is 7.87. The number of nitrogens with two attached hydrogens (primary N) is 1. The van der Waals surface area contributed by atoms with Crippen LogP contribution >= 0.6 is 11.6 Å². The monoisotopic (exact) mass is 196 g/mol. The molecule has 0 aliphatic carbocycles. The molecule has 2 nitrogen and oxygen atoms in total. The highest BCUT2D eigenvalue weighted by Gasteiger charge is 2.17. The molecule has 0 atom stereocenters. The lowest BCUT2D eigenvalue weighted by molar-refractivity contribution is 0.347. The van der Waals surface area contributed by atoms with Crippen LogP contribution in [0.3, 0.4) is 0 Å². The Labute approximate surface area is 83.1 Å². The van der Waals surface area contributed by atoms with Gasteiger partial charge in [0, 0.05) is 10.7 Å². The van der Waals surface area contributed by atoms with Crippen LogP contribution in [0.4, 0.5) is 5.69 Å². The summed E-state index contributed by atoms with van der Waals surface area (Å²) in [6.45, 7) is 2.21. The van der Waals surface area contributed by atoms with Crippen molar-refractivity contribution in [1.29, 1.82) is 0 Å². The first-order chi connectivity index (χ1) is 6.25. The van der Waals surface area contributed by atoms with Crippen LogP contribution in [-0.4, -0.2) is 13.1 Å². The molecule has 0 unspecified atom stereocenters. The number of nitrogen functional groups attached to an aromatic ring is 1. The number of anilines is 1. The molecule has 1 aromatic rings. The van der Waals surface area contributed by atoms with E-state index in [1.54, 1.807) is 0 Å². The number of halogens is 1. The van der Waals surface area contributed by atoms with Crippen molar-refractivity contribution in [2.45, 2.75) is 6.42 Å². The zero-order valence-corrected chi connectivity index (χ0v) is 8.14. The molecule has 1 fully saturated rings. The summed E-state index contributed by atoms with van der Waals surface area (Å²) in [6.07, 6.45) is 1.04. The van der Waals surface area contributed by atoms with E-state index in [0.717, 1.165) is 36.1 Å². The Kier molecular flexibility index (Phi) is 2.42. The smallest absolute Gasteiger partial charge is 0.0410 e. The van der Waals surface area contributed by atoms with Gasteiger partial charge in [0.1, 0.15) is 0 Å². The van der Waals surface area contributed by atoms with Gasteiger partial charge in [0.25, 0.3) is 0 Å². The molecule has 3 heteroatoms. The second-order valence-corrected chi connectivity index (χ2v) is 4.01. The molecule has 1 aromatic carbocycles. The quantitative estimate of drug-likeness (QED) is 0.707. The highest BCUT2D eigenvalue weighted by atomic mass is 35.5. The van der Waals surface area contributed by atoms with E-state index in [4.69, 9.17) is 17.3 Å². The third kappa shape index (κ3) is 1.95. The predicted molar refractivity (Wildman–Crippen MR) is 55.9 cm³/mol. The SMILES string of the molecule is Nc1ccc(Cl)cc1CC1CNC1. The molecule has 70 valence electrons. The van der Waals surface area contributed by atoms with Gasteiger partial charge >= 0.3 is 0 Å². The first kappa shape index (κ1) is 8.85. The van der Waals surface area contributed by atoms with Gasteiger partial charge in [-0.05, 0) is 49.2 Å². The van der Waals surface area contributed by atoms with Crippen LogP contribution in [0.15, 0.2) is 18.2 Å². The van der Waals surface area contributed by atoms with Gasteiger partial charge < -0.3 is 11.1 Å². The second-order valence-electron chi connectivity index (χ2n) is 3.57. The second kappa shape index (κ2) is 3.56. The molecule has 1 saturated heterocycles. The van der Waals surface area contributed by atoms with E-state index < -0.39 is 0 Å². The van der Waals surface area contributed by atoms with Gasteiger partial charge in [-0.2, -0.15) is 0 Å². The highest BCUT2D eigenvalue weighted by molar-refractivity contribution is 6.30. The summed E-state index contributed by atoms with van der Waals surface area (Å²) < 4.78 is 0. The summed E-state index contributed by atoms with van der Waals surface area (Å²) in [5, 5.41) is 4.02. The van der Waals surface area contributed by atoms with E-state index in [0.29, 0.717) is 0 Å². The normalized spacial score (nSPS) is 17.0. The Morgan fingerprint density at radius 2 is 2.23 bits per heavy atom. The van der Waals surface area contributed by atoms with Crippen molar-refractivity contribution >= 4 is 17.3 Å². The fraction of sp³-hybridized carbons (Fsp3) is 0.400. The molecule has 3 N–H and O–H groups in total. The zero-order chi connectivity index (χ0) is 9.26. The summed E-state index contributed by atoms with van der Waals surface area (Å²) in [6, 6.07) is 5.68. The first-order valence-electron chi connectivity index (χ1n) is 4.50. The van der Waals surface area contributed by atoms with Gasteiger partial charge in [-0.3, -0.25) is 0 Å². The maximum Gasteiger partial charge on any atom is 0.0410 e. The van der Waals surface area contributed by atoms with E-state index >= 15 is 0 Å². The molecule has 0 spiro atoms. The molecule has 2 rings (SSSR count). The van der Waals surface area contributed by atoms with Crippen LogP contribution < -0.4 is 11.1 Å². The molecule has 0 saturated carbocycles. The van der Waals surface area contributed by atoms with Crippen molar-refractivity contribution in [1.82, 2.24) is 5.32 Å². The number of hydrogen-bond acceptors (Lipinski definition) is 2. The maximum atomic E-state index is 5.89. The minimum atomic E-state index is 0.737. The first-order valence-corrected chi connectivity index (χ1v) is 4.88. The van der Waals surface area contributed by atoms with Gasteiger partial charge in [0.2, 0.25) is 0 Å². The topological polar surface area (TPSA) is 38.0 Å². The van der Waals surface area contributed by atoms with Crippen LogP contribution in [0.25, 0.3) is 0 Å². The van der Waals surface area contributed by atoms with Crippen molar-refractivity contribution in [3.8, 4) is 0 Å². The van der Waals surface area contributed by atoms with Gasteiger partial charge in [0.05, 0.1) is 0 Å². The van der Waals surface area contributed by atoms with Crippen LogP contribution in [0.5, 0.6) is 0 Å². The lowest BCUT2D eigenvalue weighted by Crippen LogP contribution is -2.43. The minimum Gasteiger partial charge on any atom is -0.399 e. The van der Waals surface area contributed by atoms with Crippen molar-refractivity contribution in [2.24, 2.45) is 5.92 Å². The zero-order valence-electron chi connectivity index (χ0n) is 7.39. The Hall–Kier alpha value is -0.730. The Bertz CT molecular complexity index is 308. The molecule has 0 radical (unpaired) electrons. The Morgan fingerprint density at radius 1 is 1.46 bits per heavy atom. The largest absolute Gasteiger partial charge is 0.399 e. The van der Waals surface area contributed by atoms with E-state index in [1.165, 1.54) is 5.56 Å². The van der Waals surface area contributed by atoms with Crippen LogP contribution in [-0.2, 0) is 6.42 Å². The molecule has 1 heterocycles. The van der Waals surface area contributed by atoms with Gasteiger partial charge in [-0.15, -0.1) is 0 Å². The average Bonchev–Trinajstić information content (AvgIpc) is 2.03.